The molecule has 88 valence electrons. The highest BCUT2D eigenvalue weighted by Gasteiger charge is 2.06. The summed E-state index contributed by atoms with van der Waals surface area (Å²) in [6.45, 7) is 5.88. The summed E-state index contributed by atoms with van der Waals surface area (Å²) in [5.41, 5.74) is 3.00. The Morgan fingerprint density at radius 3 is 2.35 bits per heavy atom. The van der Waals surface area contributed by atoms with Crippen LogP contribution in [0.5, 0.6) is 0 Å². The molecule has 0 radical (unpaired) electrons. The molecule has 5 heteroatoms. The molecule has 0 aliphatic heterocycles. The van der Waals surface area contributed by atoms with E-state index in [1.807, 2.05) is 20.8 Å². The lowest BCUT2D eigenvalue weighted by Crippen LogP contribution is -1.97. The number of hydrogen-bond donors (Lipinski definition) is 0. The van der Waals surface area contributed by atoms with Crippen LogP contribution in [-0.2, 0) is 0 Å². The zero-order valence-corrected chi connectivity index (χ0v) is 10.7. The molecule has 2 aromatic heterocycles. The predicted octanol–water partition coefficient (Wildman–Crippen LogP) is 3.09. The van der Waals surface area contributed by atoms with Crippen molar-refractivity contribution in [2.75, 3.05) is 0 Å². The third kappa shape index (κ3) is 2.79. The molecule has 0 amide bonds. The van der Waals surface area contributed by atoms with Crippen LogP contribution in [0.2, 0.25) is 0 Å². The Bertz CT molecular complexity index is 534. The van der Waals surface area contributed by atoms with Gasteiger partial charge in [-0.05, 0) is 44.2 Å². The summed E-state index contributed by atoms with van der Waals surface area (Å²) < 4.78 is 12.9. The van der Waals surface area contributed by atoms with Gasteiger partial charge in [-0.2, -0.15) is 4.39 Å². The van der Waals surface area contributed by atoms with E-state index in [2.05, 4.69) is 15.0 Å². The third-order valence-electron chi connectivity index (χ3n) is 2.52. The van der Waals surface area contributed by atoms with Crippen molar-refractivity contribution in [1.82, 2.24) is 15.0 Å². The van der Waals surface area contributed by atoms with E-state index in [1.165, 1.54) is 24.0 Å². The van der Waals surface area contributed by atoms with Crippen LogP contribution >= 0.6 is 11.8 Å². The highest BCUT2D eigenvalue weighted by Crippen LogP contribution is 2.25. The highest BCUT2D eigenvalue weighted by atomic mass is 32.2. The molecule has 2 aromatic rings. The first-order chi connectivity index (χ1) is 8.06. The van der Waals surface area contributed by atoms with E-state index in [4.69, 9.17) is 0 Å². The summed E-state index contributed by atoms with van der Waals surface area (Å²) in [5, 5.41) is 0.635. The number of rotatable bonds is 2. The standard InChI is InChI=1S/C12H12FN3S/c1-7-8(2)15-12(16-9(7)3)17-10-4-5-14-11(13)6-10/h4-6H,1-3H3. The van der Waals surface area contributed by atoms with Gasteiger partial charge in [0.05, 0.1) is 0 Å². The van der Waals surface area contributed by atoms with Crippen LogP contribution in [0.25, 0.3) is 0 Å². The van der Waals surface area contributed by atoms with Crippen LogP contribution in [0.3, 0.4) is 0 Å². The molecule has 3 nitrogen and oxygen atoms in total. The molecule has 0 aliphatic carbocycles. The minimum atomic E-state index is -0.490. The maximum atomic E-state index is 12.9. The Morgan fingerprint density at radius 2 is 1.76 bits per heavy atom. The van der Waals surface area contributed by atoms with Gasteiger partial charge in [0.2, 0.25) is 5.95 Å². The van der Waals surface area contributed by atoms with Crippen molar-refractivity contribution in [1.29, 1.82) is 0 Å². The van der Waals surface area contributed by atoms with Gasteiger partial charge in [0.1, 0.15) is 0 Å². The van der Waals surface area contributed by atoms with Crippen LogP contribution in [-0.4, -0.2) is 15.0 Å². The molecule has 0 spiro atoms. The number of aryl methyl sites for hydroxylation is 2. The minimum Gasteiger partial charge on any atom is -0.228 e. The van der Waals surface area contributed by atoms with Gasteiger partial charge in [-0.1, -0.05) is 0 Å². The second-order valence-electron chi connectivity index (χ2n) is 3.72. The average molecular weight is 249 g/mol. The fourth-order valence-electron chi connectivity index (χ4n) is 1.34. The van der Waals surface area contributed by atoms with Crippen LogP contribution < -0.4 is 0 Å². The first-order valence-corrected chi connectivity index (χ1v) is 5.99. The molecule has 17 heavy (non-hydrogen) atoms. The summed E-state index contributed by atoms with van der Waals surface area (Å²) in [6, 6.07) is 3.11. The van der Waals surface area contributed by atoms with Crippen LogP contribution in [0, 0.1) is 26.7 Å². The van der Waals surface area contributed by atoms with Crippen molar-refractivity contribution in [3.8, 4) is 0 Å². The van der Waals surface area contributed by atoms with Crippen molar-refractivity contribution in [3.05, 3.63) is 41.2 Å². The number of hydrogen-bond acceptors (Lipinski definition) is 4. The van der Waals surface area contributed by atoms with Crippen LogP contribution in [0.4, 0.5) is 4.39 Å². The zero-order chi connectivity index (χ0) is 12.4. The van der Waals surface area contributed by atoms with Gasteiger partial charge in [0.15, 0.2) is 5.16 Å². The summed E-state index contributed by atoms with van der Waals surface area (Å²) in [6.07, 6.45) is 1.44. The topological polar surface area (TPSA) is 38.7 Å². The van der Waals surface area contributed by atoms with Crippen molar-refractivity contribution in [2.24, 2.45) is 0 Å². The molecule has 0 fully saturated rings. The van der Waals surface area contributed by atoms with Crippen LogP contribution in [0.1, 0.15) is 17.0 Å². The lowest BCUT2D eigenvalue weighted by molar-refractivity contribution is 0.579. The van der Waals surface area contributed by atoms with Crippen molar-refractivity contribution >= 4 is 11.8 Å². The maximum absolute atomic E-state index is 12.9. The van der Waals surface area contributed by atoms with Gasteiger partial charge in [0, 0.05) is 28.5 Å². The average Bonchev–Trinajstić information content (AvgIpc) is 2.26. The van der Waals surface area contributed by atoms with Gasteiger partial charge >= 0.3 is 0 Å². The predicted molar refractivity (Wildman–Crippen MR) is 64.6 cm³/mol. The lowest BCUT2D eigenvalue weighted by Gasteiger charge is -2.06. The number of aromatic nitrogens is 3. The summed E-state index contributed by atoms with van der Waals surface area (Å²) in [5.74, 6) is -0.490. The van der Waals surface area contributed by atoms with E-state index in [-0.39, 0.29) is 0 Å². The molecule has 2 rings (SSSR count). The van der Waals surface area contributed by atoms with E-state index in [1.54, 1.807) is 6.07 Å². The number of nitrogens with zero attached hydrogens (tertiary/aromatic N) is 3. The van der Waals surface area contributed by atoms with Gasteiger partial charge in [-0.3, -0.25) is 0 Å². The molecule has 0 aliphatic rings. The first kappa shape index (κ1) is 12.0. The Balaban J connectivity index is 2.31. The molecule has 0 saturated carbocycles. The van der Waals surface area contributed by atoms with Gasteiger partial charge in [-0.15, -0.1) is 0 Å². The molecule has 0 aromatic carbocycles. The lowest BCUT2D eigenvalue weighted by atomic mass is 10.2. The largest absolute Gasteiger partial charge is 0.228 e. The normalized spacial score (nSPS) is 10.6. The van der Waals surface area contributed by atoms with Crippen molar-refractivity contribution in [2.45, 2.75) is 30.8 Å². The van der Waals surface area contributed by atoms with E-state index in [0.29, 0.717) is 5.16 Å². The molecule has 0 N–H and O–H groups in total. The smallest absolute Gasteiger partial charge is 0.213 e. The summed E-state index contributed by atoms with van der Waals surface area (Å²) >= 11 is 1.34. The number of halogens is 1. The molecular weight excluding hydrogens is 237 g/mol. The molecule has 0 bridgehead atoms. The second kappa shape index (κ2) is 4.79. The van der Waals surface area contributed by atoms with Gasteiger partial charge in [0.25, 0.3) is 0 Å². The third-order valence-corrected chi connectivity index (χ3v) is 3.37. The van der Waals surface area contributed by atoms with Crippen molar-refractivity contribution < 1.29 is 4.39 Å². The Morgan fingerprint density at radius 1 is 1.12 bits per heavy atom. The molecule has 0 saturated heterocycles. The SMILES string of the molecule is Cc1nc(Sc2ccnc(F)c2)nc(C)c1C. The summed E-state index contributed by atoms with van der Waals surface area (Å²) in [4.78, 5) is 13.0. The van der Waals surface area contributed by atoms with E-state index in [0.717, 1.165) is 21.8 Å². The van der Waals surface area contributed by atoms with E-state index in [9.17, 15) is 4.39 Å². The fourth-order valence-corrected chi connectivity index (χ4v) is 2.20. The molecule has 0 unspecified atom stereocenters. The first-order valence-electron chi connectivity index (χ1n) is 5.17. The van der Waals surface area contributed by atoms with Gasteiger partial charge in [-0.25, -0.2) is 15.0 Å². The van der Waals surface area contributed by atoms with Gasteiger partial charge < -0.3 is 0 Å². The Kier molecular flexibility index (Phi) is 3.38. The molecular formula is C12H12FN3S. The van der Waals surface area contributed by atoms with E-state index < -0.39 is 5.95 Å². The maximum Gasteiger partial charge on any atom is 0.213 e. The Hall–Kier alpha value is -1.49. The Labute approximate surface area is 104 Å². The number of pyridine rings is 1. The quantitative estimate of drug-likeness (QED) is 0.605. The summed E-state index contributed by atoms with van der Waals surface area (Å²) in [7, 11) is 0. The zero-order valence-electron chi connectivity index (χ0n) is 9.86. The fraction of sp³-hybridized carbons (Fsp3) is 0.250. The minimum absolute atomic E-state index is 0.490. The highest BCUT2D eigenvalue weighted by molar-refractivity contribution is 7.99. The van der Waals surface area contributed by atoms with E-state index >= 15 is 0 Å². The monoisotopic (exact) mass is 249 g/mol. The van der Waals surface area contributed by atoms with Crippen molar-refractivity contribution in [3.63, 3.8) is 0 Å². The molecule has 2 heterocycles. The molecule has 0 atom stereocenters. The van der Waals surface area contributed by atoms with Crippen LogP contribution in [0.15, 0.2) is 28.4 Å². The second-order valence-corrected chi connectivity index (χ2v) is 4.76.